The number of carbonyl (C=O) groups is 1. The smallest absolute Gasteiger partial charge is 0.305 e. The number of fused-ring (bicyclic) bond motifs is 1. The third-order valence-electron chi connectivity index (χ3n) is 6.17. The van der Waals surface area contributed by atoms with Gasteiger partial charge in [-0.2, -0.15) is 10.4 Å². The van der Waals surface area contributed by atoms with Gasteiger partial charge in [0.2, 0.25) is 0 Å². The molecule has 0 amide bonds. The molecule has 4 aromatic rings. The van der Waals surface area contributed by atoms with Crippen molar-refractivity contribution in [3.05, 3.63) is 77.7 Å². The number of ether oxygens (including phenoxy) is 1. The van der Waals surface area contributed by atoms with Crippen molar-refractivity contribution in [2.45, 2.75) is 52.4 Å². The van der Waals surface area contributed by atoms with E-state index in [1.165, 1.54) is 0 Å². The summed E-state index contributed by atoms with van der Waals surface area (Å²) in [6, 6.07) is 20.3. The number of nitriles is 1. The number of nitrogens with zero attached hydrogens (tertiary/aromatic N) is 4. The Bertz CT molecular complexity index is 1340. The predicted octanol–water partition coefficient (Wildman–Crippen LogP) is 6.16. The normalized spacial score (nSPS) is 10.9. The molecule has 0 atom stereocenters. The maximum absolute atomic E-state index is 11.7. The van der Waals surface area contributed by atoms with E-state index in [9.17, 15) is 10.1 Å². The summed E-state index contributed by atoms with van der Waals surface area (Å²) in [6.45, 7) is 4.38. The van der Waals surface area contributed by atoms with Gasteiger partial charge in [0.05, 0.1) is 17.8 Å². The maximum atomic E-state index is 11.7. The molecule has 0 saturated carbocycles. The summed E-state index contributed by atoms with van der Waals surface area (Å²) in [5.74, 6) is -0.134. The number of benzene rings is 1. The monoisotopic (exact) mass is 466 g/mol. The van der Waals surface area contributed by atoms with E-state index < -0.39 is 0 Å². The molecule has 6 nitrogen and oxygen atoms in total. The van der Waals surface area contributed by atoms with Gasteiger partial charge in [-0.1, -0.05) is 43.7 Å². The SMILES string of the molecule is CCOC(=O)CCCCCc1c(-c2ccccc2)nn2c(CC)ccc2c1-c1ccc(C#N)nc1. The number of aromatic nitrogens is 3. The first-order valence-electron chi connectivity index (χ1n) is 12.3. The van der Waals surface area contributed by atoms with Gasteiger partial charge in [0, 0.05) is 35.0 Å². The van der Waals surface area contributed by atoms with E-state index in [4.69, 9.17) is 9.84 Å². The first-order chi connectivity index (χ1) is 17.2. The van der Waals surface area contributed by atoms with Gasteiger partial charge in [0.15, 0.2) is 0 Å². The van der Waals surface area contributed by atoms with Gasteiger partial charge in [-0.25, -0.2) is 9.50 Å². The van der Waals surface area contributed by atoms with E-state index in [0.717, 1.165) is 71.3 Å². The highest BCUT2D eigenvalue weighted by Crippen LogP contribution is 2.36. The number of rotatable bonds is 10. The Morgan fingerprint density at radius 1 is 1.00 bits per heavy atom. The summed E-state index contributed by atoms with van der Waals surface area (Å²) in [4.78, 5) is 16.1. The molecule has 3 heterocycles. The summed E-state index contributed by atoms with van der Waals surface area (Å²) in [5.41, 5.74) is 7.81. The Kier molecular flexibility index (Phi) is 7.89. The zero-order valence-corrected chi connectivity index (χ0v) is 20.3. The molecule has 0 spiro atoms. The van der Waals surface area contributed by atoms with Crippen molar-refractivity contribution < 1.29 is 9.53 Å². The number of hydrogen-bond acceptors (Lipinski definition) is 5. The predicted molar refractivity (Wildman–Crippen MR) is 137 cm³/mol. The summed E-state index contributed by atoms with van der Waals surface area (Å²) >= 11 is 0. The van der Waals surface area contributed by atoms with Gasteiger partial charge in [0.1, 0.15) is 11.8 Å². The van der Waals surface area contributed by atoms with Gasteiger partial charge in [-0.3, -0.25) is 4.79 Å². The number of carbonyl (C=O) groups excluding carboxylic acids is 1. The molecule has 0 bridgehead atoms. The van der Waals surface area contributed by atoms with E-state index in [2.05, 4.69) is 42.2 Å². The Hall–Kier alpha value is -3.98. The van der Waals surface area contributed by atoms with Gasteiger partial charge >= 0.3 is 5.97 Å². The Morgan fingerprint density at radius 3 is 2.51 bits per heavy atom. The number of hydrogen-bond donors (Lipinski definition) is 0. The van der Waals surface area contributed by atoms with E-state index in [-0.39, 0.29) is 5.97 Å². The van der Waals surface area contributed by atoms with Crippen LogP contribution in [0.3, 0.4) is 0 Å². The summed E-state index contributed by atoms with van der Waals surface area (Å²) in [6.07, 6.45) is 6.56. The van der Waals surface area contributed by atoms with Crippen LogP contribution in [-0.4, -0.2) is 27.2 Å². The van der Waals surface area contributed by atoms with Gasteiger partial charge in [-0.15, -0.1) is 0 Å². The third-order valence-corrected chi connectivity index (χ3v) is 6.17. The average Bonchev–Trinajstić information content (AvgIpc) is 3.31. The van der Waals surface area contributed by atoms with Gasteiger partial charge < -0.3 is 4.74 Å². The number of esters is 1. The van der Waals surface area contributed by atoms with E-state index >= 15 is 0 Å². The highest BCUT2D eigenvalue weighted by Gasteiger charge is 2.20. The van der Waals surface area contributed by atoms with E-state index in [1.807, 2.05) is 35.7 Å². The molecule has 0 unspecified atom stereocenters. The molecule has 4 rings (SSSR count). The fraction of sp³-hybridized carbons (Fsp3) is 0.310. The van der Waals surface area contributed by atoms with Crippen molar-refractivity contribution in [2.75, 3.05) is 6.61 Å². The Balaban J connectivity index is 1.79. The lowest BCUT2D eigenvalue weighted by Crippen LogP contribution is -2.07. The number of unbranched alkanes of at least 4 members (excludes halogenated alkanes) is 2. The van der Waals surface area contributed by atoms with Crippen LogP contribution in [0.25, 0.3) is 27.9 Å². The summed E-state index contributed by atoms with van der Waals surface area (Å²) in [5, 5.41) is 14.4. The van der Waals surface area contributed by atoms with Crippen LogP contribution in [0.15, 0.2) is 60.8 Å². The topological polar surface area (TPSA) is 80.3 Å². The zero-order valence-electron chi connectivity index (χ0n) is 20.3. The molecule has 0 aliphatic heterocycles. The standard InChI is InChI=1S/C29H30N4O2/c1-3-24-17-18-26-28(22-15-16-23(19-30)31-20-22)25(13-9-6-10-14-27(34)35-4-2)29(32-33(24)26)21-11-7-5-8-12-21/h5,7-8,11-12,15-18,20H,3-4,6,9-10,13-14H2,1-2H3. The van der Waals surface area contributed by atoms with Crippen molar-refractivity contribution in [1.82, 2.24) is 14.6 Å². The lowest BCUT2D eigenvalue weighted by molar-refractivity contribution is -0.143. The molecule has 178 valence electrons. The molecule has 0 fully saturated rings. The van der Waals surface area contributed by atoms with Crippen LogP contribution in [0.5, 0.6) is 0 Å². The van der Waals surface area contributed by atoms with E-state index in [0.29, 0.717) is 18.7 Å². The van der Waals surface area contributed by atoms with Crippen LogP contribution >= 0.6 is 0 Å². The molecule has 0 radical (unpaired) electrons. The first-order valence-corrected chi connectivity index (χ1v) is 12.3. The third kappa shape index (κ3) is 5.41. The molecule has 1 aromatic carbocycles. The first kappa shape index (κ1) is 24.2. The second kappa shape index (κ2) is 11.4. The molecule has 0 aliphatic carbocycles. The largest absolute Gasteiger partial charge is 0.466 e. The minimum atomic E-state index is -0.134. The molecule has 0 saturated heterocycles. The van der Waals surface area contributed by atoms with Crippen molar-refractivity contribution >= 4 is 11.5 Å². The fourth-order valence-corrected chi connectivity index (χ4v) is 4.46. The summed E-state index contributed by atoms with van der Waals surface area (Å²) < 4.78 is 7.10. The van der Waals surface area contributed by atoms with E-state index in [1.54, 1.807) is 12.3 Å². The van der Waals surface area contributed by atoms with Crippen molar-refractivity contribution in [2.24, 2.45) is 0 Å². The maximum Gasteiger partial charge on any atom is 0.305 e. The van der Waals surface area contributed by atoms with Gasteiger partial charge in [0.25, 0.3) is 0 Å². The van der Waals surface area contributed by atoms with Crippen LogP contribution in [0.1, 0.15) is 56.5 Å². The highest BCUT2D eigenvalue weighted by molar-refractivity contribution is 5.87. The Morgan fingerprint density at radius 2 is 1.83 bits per heavy atom. The molecule has 0 aliphatic rings. The average molecular weight is 467 g/mol. The molecular formula is C29H30N4O2. The molecule has 3 aromatic heterocycles. The summed E-state index contributed by atoms with van der Waals surface area (Å²) in [7, 11) is 0. The van der Waals surface area contributed by atoms with Crippen molar-refractivity contribution in [1.29, 1.82) is 5.26 Å². The minimum absolute atomic E-state index is 0.134. The quantitative estimate of drug-likeness (QED) is 0.206. The Labute approximate surface area is 206 Å². The zero-order chi connectivity index (χ0) is 24.6. The molecule has 35 heavy (non-hydrogen) atoms. The molecule has 0 N–H and O–H groups in total. The highest BCUT2D eigenvalue weighted by atomic mass is 16.5. The second-order valence-electron chi connectivity index (χ2n) is 8.45. The van der Waals surface area contributed by atoms with Crippen molar-refractivity contribution in [3.8, 4) is 28.5 Å². The van der Waals surface area contributed by atoms with Crippen LogP contribution < -0.4 is 0 Å². The van der Waals surface area contributed by atoms with Gasteiger partial charge in [-0.05, 0) is 62.4 Å². The van der Waals surface area contributed by atoms with Crippen LogP contribution in [-0.2, 0) is 22.4 Å². The van der Waals surface area contributed by atoms with Crippen molar-refractivity contribution in [3.63, 3.8) is 0 Å². The number of pyridine rings is 1. The minimum Gasteiger partial charge on any atom is -0.466 e. The molecule has 6 heteroatoms. The van der Waals surface area contributed by atoms with Crippen LogP contribution in [0, 0.1) is 11.3 Å². The van der Waals surface area contributed by atoms with Crippen LogP contribution in [0.2, 0.25) is 0 Å². The van der Waals surface area contributed by atoms with Crippen LogP contribution in [0.4, 0.5) is 0 Å². The fourth-order valence-electron chi connectivity index (χ4n) is 4.46. The lowest BCUT2D eigenvalue weighted by atomic mass is 9.92. The molecular weight excluding hydrogens is 436 g/mol. The number of aryl methyl sites for hydroxylation is 1. The lowest BCUT2D eigenvalue weighted by Gasteiger charge is -2.18. The second-order valence-corrected chi connectivity index (χ2v) is 8.45.